The van der Waals surface area contributed by atoms with Crippen LogP contribution in [0.4, 0.5) is 0 Å². The van der Waals surface area contributed by atoms with Gasteiger partial charge in [0.05, 0.1) is 11.0 Å². The standard InChI is InChI=1S/C18H19ClNO3/c19-14-9-10-18(17(11-14)13-5-2-1-3-6-13)23-16-8-4-7-15(12-16)20(21)22/h4,8-13H,1-3,5-7H2. The van der Waals surface area contributed by atoms with Gasteiger partial charge in [0.1, 0.15) is 11.5 Å². The second-order valence-electron chi connectivity index (χ2n) is 6.02. The Morgan fingerprint density at radius 3 is 2.74 bits per heavy atom. The molecule has 2 aliphatic carbocycles. The molecule has 0 unspecified atom stereocenters. The highest BCUT2D eigenvalue weighted by molar-refractivity contribution is 6.30. The van der Waals surface area contributed by atoms with Crippen LogP contribution in [-0.2, 0) is 0 Å². The third-order valence-electron chi connectivity index (χ3n) is 4.40. The van der Waals surface area contributed by atoms with Gasteiger partial charge >= 0.3 is 0 Å². The molecule has 1 aromatic rings. The Labute approximate surface area is 140 Å². The van der Waals surface area contributed by atoms with E-state index >= 15 is 0 Å². The summed E-state index contributed by atoms with van der Waals surface area (Å²) < 4.78 is 5.97. The van der Waals surface area contributed by atoms with Crippen molar-refractivity contribution in [2.45, 2.75) is 44.4 Å². The fourth-order valence-corrected chi connectivity index (χ4v) is 3.41. The third kappa shape index (κ3) is 3.94. The van der Waals surface area contributed by atoms with Gasteiger partial charge in [0.15, 0.2) is 0 Å². The lowest BCUT2D eigenvalue weighted by Gasteiger charge is -2.24. The van der Waals surface area contributed by atoms with Crippen molar-refractivity contribution in [1.82, 2.24) is 0 Å². The highest BCUT2D eigenvalue weighted by atomic mass is 35.5. The first-order chi connectivity index (χ1) is 11.1. The Morgan fingerprint density at radius 2 is 2.00 bits per heavy atom. The van der Waals surface area contributed by atoms with Crippen LogP contribution in [-0.4, -0.2) is 4.92 Å². The summed E-state index contributed by atoms with van der Waals surface area (Å²) in [7, 11) is 0. The summed E-state index contributed by atoms with van der Waals surface area (Å²) in [5, 5.41) is 11.6. The van der Waals surface area contributed by atoms with E-state index < -0.39 is 0 Å². The van der Waals surface area contributed by atoms with Crippen molar-refractivity contribution in [2.75, 3.05) is 0 Å². The summed E-state index contributed by atoms with van der Waals surface area (Å²) in [5.74, 6) is 1.70. The maximum absolute atomic E-state index is 10.9. The molecule has 1 fully saturated rings. The molecule has 0 heterocycles. The number of nitrogens with zero attached hydrogens (tertiary/aromatic N) is 1. The smallest absolute Gasteiger partial charge is 0.250 e. The van der Waals surface area contributed by atoms with Crippen molar-refractivity contribution in [3.8, 4) is 5.75 Å². The molecular weight excluding hydrogens is 314 g/mol. The molecule has 0 amide bonds. The quantitative estimate of drug-likeness (QED) is 0.546. The molecule has 0 bridgehead atoms. The van der Waals surface area contributed by atoms with E-state index in [-0.39, 0.29) is 10.6 Å². The van der Waals surface area contributed by atoms with Crippen LogP contribution in [0.3, 0.4) is 0 Å². The zero-order valence-electron chi connectivity index (χ0n) is 12.8. The van der Waals surface area contributed by atoms with Gasteiger partial charge in [-0.15, -0.1) is 0 Å². The molecule has 0 atom stereocenters. The molecule has 0 aliphatic heterocycles. The van der Waals surface area contributed by atoms with Crippen molar-refractivity contribution in [3.05, 3.63) is 68.9 Å². The molecule has 121 valence electrons. The van der Waals surface area contributed by atoms with Gasteiger partial charge in [0.2, 0.25) is 0 Å². The normalized spacial score (nSPS) is 19.0. The molecule has 1 saturated carbocycles. The van der Waals surface area contributed by atoms with Crippen LogP contribution in [0.1, 0.15) is 50.0 Å². The minimum Gasteiger partial charge on any atom is -0.457 e. The van der Waals surface area contributed by atoms with Crippen LogP contribution in [0.15, 0.2) is 41.8 Å². The molecule has 3 rings (SSSR count). The number of allylic oxidation sites excluding steroid dienone is 3. The number of hydrogen-bond donors (Lipinski definition) is 0. The van der Waals surface area contributed by atoms with Gasteiger partial charge in [-0.25, -0.2) is 0 Å². The highest BCUT2D eigenvalue weighted by Crippen LogP contribution is 2.39. The van der Waals surface area contributed by atoms with E-state index in [0.29, 0.717) is 23.1 Å². The number of rotatable bonds is 4. The van der Waals surface area contributed by atoms with Gasteiger partial charge in [-0.05, 0) is 55.0 Å². The zero-order chi connectivity index (χ0) is 16.2. The average Bonchev–Trinajstić information content (AvgIpc) is 2.57. The molecule has 1 radical (unpaired) electrons. The summed E-state index contributed by atoms with van der Waals surface area (Å²) in [6.45, 7) is 0. The summed E-state index contributed by atoms with van der Waals surface area (Å²) in [4.78, 5) is 10.6. The molecule has 1 aromatic carbocycles. The Balaban J connectivity index is 1.85. The van der Waals surface area contributed by atoms with Crippen molar-refractivity contribution in [3.63, 3.8) is 0 Å². The molecule has 0 saturated heterocycles. The van der Waals surface area contributed by atoms with Crippen molar-refractivity contribution >= 4 is 11.6 Å². The number of ether oxygens (including phenoxy) is 1. The predicted molar refractivity (Wildman–Crippen MR) is 90.0 cm³/mol. The molecular formula is C18H19ClNO3. The Kier molecular flexibility index (Phi) is 5.01. The van der Waals surface area contributed by atoms with Crippen LogP contribution in [0.2, 0.25) is 5.02 Å². The summed E-state index contributed by atoms with van der Waals surface area (Å²) in [6.07, 6.45) is 11.4. The Morgan fingerprint density at radius 1 is 1.22 bits per heavy atom. The Hall–Kier alpha value is -1.81. The number of benzene rings is 1. The van der Waals surface area contributed by atoms with Gasteiger partial charge in [0, 0.05) is 11.4 Å². The molecule has 0 spiro atoms. The first-order valence-electron chi connectivity index (χ1n) is 7.99. The maximum Gasteiger partial charge on any atom is 0.250 e. The lowest BCUT2D eigenvalue weighted by molar-refractivity contribution is -0.427. The summed E-state index contributed by atoms with van der Waals surface area (Å²) in [6, 6.07) is 5.63. The number of nitro groups is 1. The summed E-state index contributed by atoms with van der Waals surface area (Å²) >= 11 is 6.17. The van der Waals surface area contributed by atoms with Crippen LogP contribution in [0.25, 0.3) is 0 Å². The third-order valence-corrected chi connectivity index (χ3v) is 4.63. The Bertz CT molecular complexity index is 660. The van der Waals surface area contributed by atoms with Crippen LogP contribution in [0, 0.1) is 16.5 Å². The number of halogens is 1. The van der Waals surface area contributed by atoms with Gasteiger partial charge in [-0.2, -0.15) is 0 Å². The van der Waals surface area contributed by atoms with Crippen molar-refractivity contribution < 1.29 is 9.66 Å². The van der Waals surface area contributed by atoms with Crippen LogP contribution < -0.4 is 4.74 Å². The topological polar surface area (TPSA) is 52.4 Å². The minimum atomic E-state index is -0.364. The molecule has 5 heteroatoms. The molecule has 4 nitrogen and oxygen atoms in total. The molecule has 2 aliphatic rings. The molecule has 0 aromatic heterocycles. The second-order valence-corrected chi connectivity index (χ2v) is 6.46. The average molecular weight is 333 g/mol. The largest absolute Gasteiger partial charge is 0.457 e. The van der Waals surface area contributed by atoms with E-state index in [1.807, 2.05) is 12.1 Å². The first kappa shape index (κ1) is 16.1. The van der Waals surface area contributed by atoms with E-state index in [2.05, 4.69) is 0 Å². The van der Waals surface area contributed by atoms with Crippen LogP contribution in [0.5, 0.6) is 5.75 Å². The highest BCUT2D eigenvalue weighted by Gasteiger charge is 2.22. The van der Waals surface area contributed by atoms with E-state index in [0.717, 1.165) is 24.2 Å². The fourth-order valence-electron chi connectivity index (χ4n) is 3.23. The van der Waals surface area contributed by atoms with Crippen molar-refractivity contribution in [1.29, 1.82) is 0 Å². The van der Waals surface area contributed by atoms with Gasteiger partial charge in [0.25, 0.3) is 5.70 Å². The molecule has 0 N–H and O–H groups in total. The second kappa shape index (κ2) is 7.18. The van der Waals surface area contributed by atoms with E-state index in [4.69, 9.17) is 16.3 Å². The fraction of sp³-hybridized carbons (Fsp3) is 0.389. The SMILES string of the molecule is O=[N+]([O-])C1=CC(Oc2ccc(Cl)cc2C2CCCCC2)=C[CH]C1. The van der Waals surface area contributed by atoms with Gasteiger partial charge in [-0.1, -0.05) is 30.9 Å². The first-order valence-corrected chi connectivity index (χ1v) is 8.37. The van der Waals surface area contributed by atoms with Gasteiger partial charge < -0.3 is 4.74 Å². The maximum atomic E-state index is 10.9. The monoisotopic (exact) mass is 332 g/mol. The summed E-state index contributed by atoms with van der Waals surface area (Å²) in [5.41, 5.74) is 1.26. The predicted octanol–water partition coefficient (Wildman–Crippen LogP) is 5.42. The molecule has 23 heavy (non-hydrogen) atoms. The van der Waals surface area contributed by atoms with Crippen LogP contribution >= 0.6 is 11.6 Å². The van der Waals surface area contributed by atoms with E-state index in [9.17, 15) is 10.1 Å². The van der Waals surface area contributed by atoms with E-state index in [1.54, 1.807) is 18.6 Å². The van der Waals surface area contributed by atoms with Gasteiger partial charge in [-0.3, -0.25) is 10.1 Å². The van der Waals surface area contributed by atoms with E-state index in [1.165, 1.54) is 25.3 Å². The zero-order valence-corrected chi connectivity index (χ0v) is 13.6. The lowest BCUT2D eigenvalue weighted by Crippen LogP contribution is -2.09. The number of hydrogen-bond acceptors (Lipinski definition) is 3. The van der Waals surface area contributed by atoms with Crippen molar-refractivity contribution in [2.24, 2.45) is 0 Å². The minimum absolute atomic E-state index is 0.149. The lowest BCUT2D eigenvalue weighted by atomic mass is 9.83.